The zero-order valence-electron chi connectivity index (χ0n) is 14.1. The highest BCUT2D eigenvalue weighted by atomic mass is 127. The van der Waals surface area contributed by atoms with Crippen molar-refractivity contribution in [3.8, 4) is 11.8 Å². The van der Waals surface area contributed by atoms with E-state index in [-0.39, 0.29) is 5.57 Å². The van der Waals surface area contributed by atoms with Gasteiger partial charge in [0, 0.05) is 5.69 Å². The number of anilines is 1. The SMILES string of the molecule is Cc1cccc(NC(=O)/C(C#N)=C\c2cc(I)c(OCC(=O)O)c(I)c2)c1. The van der Waals surface area contributed by atoms with Crippen molar-refractivity contribution in [2.45, 2.75) is 6.92 Å². The monoisotopic (exact) mass is 588 g/mol. The number of nitrogens with zero attached hydrogens (tertiary/aromatic N) is 1. The minimum atomic E-state index is -1.06. The lowest BCUT2D eigenvalue weighted by Gasteiger charge is -2.10. The van der Waals surface area contributed by atoms with Crippen LogP contribution in [-0.2, 0) is 9.59 Å². The van der Waals surface area contributed by atoms with Crippen LogP contribution in [0.2, 0.25) is 0 Å². The van der Waals surface area contributed by atoms with E-state index < -0.39 is 18.5 Å². The molecule has 0 aliphatic rings. The van der Waals surface area contributed by atoms with Crippen LogP contribution in [0.15, 0.2) is 42.0 Å². The Labute approximate surface area is 183 Å². The van der Waals surface area contributed by atoms with Crippen molar-refractivity contribution in [3.63, 3.8) is 0 Å². The Hall–Kier alpha value is -2.13. The van der Waals surface area contributed by atoms with E-state index in [1.165, 1.54) is 6.08 Å². The van der Waals surface area contributed by atoms with Crippen molar-refractivity contribution in [2.75, 3.05) is 11.9 Å². The molecule has 0 bridgehead atoms. The maximum Gasteiger partial charge on any atom is 0.341 e. The van der Waals surface area contributed by atoms with Crippen LogP contribution in [0.25, 0.3) is 6.08 Å². The number of rotatable bonds is 6. The number of carboxylic acids is 1. The second-order valence-corrected chi connectivity index (χ2v) is 7.81. The molecule has 2 aromatic rings. The lowest BCUT2D eigenvalue weighted by Crippen LogP contribution is -2.13. The van der Waals surface area contributed by atoms with Crippen LogP contribution in [-0.4, -0.2) is 23.6 Å². The van der Waals surface area contributed by atoms with Gasteiger partial charge in [0.25, 0.3) is 5.91 Å². The van der Waals surface area contributed by atoms with Gasteiger partial charge >= 0.3 is 5.97 Å². The molecular formula is C19H14I2N2O4. The predicted octanol–water partition coefficient (Wildman–Crippen LogP) is 4.21. The standard InChI is InChI=1S/C19H14I2N2O4/c1-11-3-2-4-14(5-11)23-19(26)13(9-22)6-12-7-15(20)18(16(21)8-12)27-10-17(24)25/h2-8H,10H2,1H3,(H,23,26)(H,24,25)/b13-6-. The molecule has 0 unspecified atom stereocenters. The van der Waals surface area contributed by atoms with Crippen LogP contribution in [0.5, 0.6) is 5.75 Å². The highest BCUT2D eigenvalue weighted by Crippen LogP contribution is 2.30. The number of benzene rings is 2. The summed E-state index contributed by atoms with van der Waals surface area (Å²) in [5.74, 6) is -1.11. The summed E-state index contributed by atoms with van der Waals surface area (Å²) in [6.07, 6.45) is 1.48. The number of hydrogen-bond donors (Lipinski definition) is 2. The Bertz CT molecular complexity index is 941. The van der Waals surface area contributed by atoms with Gasteiger partial charge in [-0.25, -0.2) is 4.79 Å². The summed E-state index contributed by atoms with van der Waals surface area (Å²) in [5.41, 5.74) is 2.21. The quantitative estimate of drug-likeness (QED) is 0.300. The molecule has 0 atom stereocenters. The van der Waals surface area contributed by atoms with Crippen LogP contribution < -0.4 is 10.1 Å². The summed E-state index contributed by atoms with van der Waals surface area (Å²) in [6, 6.07) is 12.6. The third kappa shape index (κ3) is 6.21. The van der Waals surface area contributed by atoms with Gasteiger partial charge in [-0.15, -0.1) is 0 Å². The van der Waals surface area contributed by atoms with Crippen molar-refractivity contribution < 1.29 is 19.4 Å². The normalized spacial score (nSPS) is 10.8. The smallest absolute Gasteiger partial charge is 0.341 e. The van der Waals surface area contributed by atoms with E-state index in [0.717, 1.165) is 5.56 Å². The Morgan fingerprint density at radius 1 is 1.26 bits per heavy atom. The minimum Gasteiger partial charge on any atom is -0.480 e. The summed E-state index contributed by atoms with van der Waals surface area (Å²) < 4.78 is 6.64. The summed E-state index contributed by atoms with van der Waals surface area (Å²) in [7, 11) is 0. The van der Waals surface area contributed by atoms with Crippen molar-refractivity contribution >= 4 is 68.8 Å². The molecule has 8 heteroatoms. The van der Waals surface area contributed by atoms with Gasteiger partial charge in [0.15, 0.2) is 6.61 Å². The number of hydrogen-bond acceptors (Lipinski definition) is 4. The van der Waals surface area contributed by atoms with Gasteiger partial charge in [-0.3, -0.25) is 4.79 Å². The lowest BCUT2D eigenvalue weighted by atomic mass is 10.1. The molecule has 2 N–H and O–H groups in total. The van der Waals surface area contributed by atoms with Crippen LogP contribution in [0.3, 0.4) is 0 Å². The third-order valence-electron chi connectivity index (χ3n) is 3.31. The molecule has 0 aliphatic heterocycles. The fourth-order valence-corrected chi connectivity index (χ4v) is 4.30. The Morgan fingerprint density at radius 2 is 1.93 bits per heavy atom. The van der Waals surface area contributed by atoms with Gasteiger partial charge in [-0.2, -0.15) is 5.26 Å². The van der Waals surface area contributed by atoms with Gasteiger partial charge in [0.05, 0.1) is 7.14 Å². The average Bonchev–Trinajstić information content (AvgIpc) is 2.58. The minimum absolute atomic E-state index is 0.0395. The Morgan fingerprint density at radius 3 is 2.48 bits per heavy atom. The van der Waals surface area contributed by atoms with Crippen LogP contribution >= 0.6 is 45.2 Å². The molecule has 6 nitrogen and oxygen atoms in total. The van der Waals surface area contributed by atoms with Gasteiger partial charge in [0.1, 0.15) is 17.4 Å². The first-order chi connectivity index (χ1) is 12.8. The zero-order chi connectivity index (χ0) is 20.0. The third-order valence-corrected chi connectivity index (χ3v) is 4.92. The van der Waals surface area contributed by atoms with E-state index in [9.17, 15) is 14.9 Å². The number of carboxylic acid groups (broad SMARTS) is 1. The van der Waals surface area contributed by atoms with Crippen LogP contribution in [0, 0.1) is 25.4 Å². The number of ether oxygens (including phenoxy) is 1. The van der Waals surface area contributed by atoms with E-state index in [1.54, 1.807) is 18.2 Å². The molecule has 2 aromatic carbocycles. The maximum absolute atomic E-state index is 12.4. The average molecular weight is 588 g/mol. The van der Waals surface area contributed by atoms with Crippen molar-refractivity contribution in [2.24, 2.45) is 0 Å². The molecule has 138 valence electrons. The lowest BCUT2D eigenvalue weighted by molar-refractivity contribution is -0.139. The number of carbonyl (C=O) groups is 2. The van der Waals surface area contributed by atoms with Gasteiger partial charge < -0.3 is 15.2 Å². The molecule has 2 rings (SSSR count). The molecule has 0 aliphatic carbocycles. The Kier molecular flexibility index (Phi) is 7.61. The van der Waals surface area contributed by atoms with Gasteiger partial charge in [0.2, 0.25) is 0 Å². The Balaban J connectivity index is 2.25. The first-order valence-corrected chi connectivity index (χ1v) is 9.79. The van der Waals surface area contributed by atoms with Gasteiger partial charge in [-0.1, -0.05) is 12.1 Å². The van der Waals surface area contributed by atoms with Crippen LogP contribution in [0.4, 0.5) is 5.69 Å². The molecule has 0 radical (unpaired) electrons. The summed E-state index contributed by atoms with van der Waals surface area (Å²) in [6.45, 7) is 1.47. The summed E-state index contributed by atoms with van der Waals surface area (Å²) in [4.78, 5) is 23.1. The van der Waals surface area contributed by atoms with E-state index >= 15 is 0 Å². The zero-order valence-corrected chi connectivity index (χ0v) is 18.4. The van der Waals surface area contributed by atoms with Gasteiger partial charge in [-0.05, 0) is 93.6 Å². The maximum atomic E-state index is 12.4. The molecule has 0 aromatic heterocycles. The number of halogens is 2. The first kappa shape index (κ1) is 21.2. The molecular weight excluding hydrogens is 574 g/mol. The fourth-order valence-electron chi connectivity index (χ4n) is 2.17. The first-order valence-electron chi connectivity index (χ1n) is 7.63. The molecule has 0 heterocycles. The molecule has 0 fully saturated rings. The molecule has 1 amide bonds. The molecule has 0 spiro atoms. The van der Waals surface area contributed by atoms with Crippen molar-refractivity contribution in [3.05, 3.63) is 60.2 Å². The highest BCUT2D eigenvalue weighted by Gasteiger charge is 2.13. The number of nitriles is 1. The number of amides is 1. The summed E-state index contributed by atoms with van der Waals surface area (Å²) in [5, 5.41) is 20.8. The summed E-state index contributed by atoms with van der Waals surface area (Å²) >= 11 is 4.04. The molecule has 27 heavy (non-hydrogen) atoms. The second kappa shape index (κ2) is 9.70. The van der Waals surface area contributed by atoms with E-state index in [0.29, 0.717) is 24.1 Å². The van der Waals surface area contributed by atoms with Crippen molar-refractivity contribution in [1.82, 2.24) is 0 Å². The van der Waals surface area contributed by atoms with Crippen LogP contribution in [0.1, 0.15) is 11.1 Å². The number of nitrogens with one attached hydrogen (secondary N) is 1. The number of aryl methyl sites for hydroxylation is 1. The highest BCUT2D eigenvalue weighted by molar-refractivity contribution is 14.1. The van der Waals surface area contributed by atoms with Crippen molar-refractivity contribution in [1.29, 1.82) is 5.26 Å². The van der Waals surface area contributed by atoms with E-state index in [4.69, 9.17) is 9.84 Å². The number of carbonyl (C=O) groups excluding carboxylic acids is 1. The topological polar surface area (TPSA) is 99.4 Å². The van der Waals surface area contributed by atoms with E-state index in [2.05, 4.69) is 5.32 Å². The van der Waals surface area contributed by atoms with E-state index in [1.807, 2.05) is 76.4 Å². The second-order valence-electron chi connectivity index (χ2n) is 5.49. The largest absolute Gasteiger partial charge is 0.480 e. The molecule has 0 saturated carbocycles. The number of aliphatic carboxylic acids is 1. The fraction of sp³-hybridized carbons (Fsp3) is 0.105. The predicted molar refractivity (Wildman–Crippen MR) is 118 cm³/mol. The molecule has 0 saturated heterocycles.